The summed E-state index contributed by atoms with van der Waals surface area (Å²) in [5.74, 6) is 0.675. The molecule has 10 heteroatoms. The highest BCUT2D eigenvalue weighted by atomic mass is 35.5. The van der Waals surface area contributed by atoms with Crippen molar-refractivity contribution >= 4 is 23.4 Å². The van der Waals surface area contributed by atoms with Crippen molar-refractivity contribution in [2.75, 3.05) is 18.0 Å². The Hall–Kier alpha value is -4.29. The molecule has 9 nitrogen and oxygen atoms in total. The summed E-state index contributed by atoms with van der Waals surface area (Å²) in [5, 5.41) is 23.1. The van der Waals surface area contributed by atoms with Gasteiger partial charge in [-0.15, -0.1) is 10.2 Å². The van der Waals surface area contributed by atoms with Crippen molar-refractivity contribution in [3.63, 3.8) is 0 Å². The second-order valence-corrected chi connectivity index (χ2v) is 9.35. The molecule has 1 aliphatic rings. The van der Waals surface area contributed by atoms with Gasteiger partial charge in [0.15, 0.2) is 18.1 Å². The quantitative estimate of drug-likeness (QED) is 0.317. The van der Waals surface area contributed by atoms with Crippen LogP contribution in [0.4, 0.5) is 5.82 Å². The molecule has 0 saturated carbocycles. The van der Waals surface area contributed by atoms with Gasteiger partial charge in [0, 0.05) is 18.1 Å². The number of hydrogen-bond acceptors (Lipinski definition) is 9. The van der Waals surface area contributed by atoms with E-state index in [0.717, 1.165) is 24.2 Å². The molecule has 1 saturated heterocycles. The lowest BCUT2D eigenvalue weighted by Crippen LogP contribution is -2.41. The molecule has 0 bridgehead atoms. The number of nitriles is 1. The Bertz CT molecular complexity index is 1390. The van der Waals surface area contributed by atoms with Crippen LogP contribution in [0.5, 0.6) is 0 Å². The molecule has 0 radical (unpaired) electrons. The van der Waals surface area contributed by atoms with Crippen LogP contribution in [0.2, 0.25) is 5.02 Å². The van der Waals surface area contributed by atoms with Crippen molar-refractivity contribution < 1.29 is 14.1 Å². The molecule has 2 aromatic heterocycles. The zero-order chi connectivity index (χ0) is 25.7. The third kappa shape index (κ3) is 5.76. The Labute approximate surface area is 218 Å². The van der Waals surface area contributed by atoms with Crippen LogP contribution in [-0.4, -0.2) is 39.4 Å². The third-order valence-corrected chi connectivity index (χ3v) is 6.67. The van der Waals surface area contributed by atoms with E-state index in [1.165, 1.54) is 0 Å². The van der Waals surface area contributed by atoms with Gasteiger partial charge in [-0.05, 0) is 61.2 Å². The number of esters is 1. The van der Waals surface area contributed by atoms with Crippen LogP contribution in [0.25, 0.3) is 11.6 Å². The Morgan fingerprint density at radius 2 is 1.81 bits per heavy atom. The first-order valence-electron chi connectivity index (χ1n) is 11.8. The maximum Gasteiger partial charge on any atom is 0.338 e. The summed E-state index contributed by atoms with van der Waals surface area (Å²) in [6.07, 6.45) is 2.15. The summed E-state index contributed by atoms with van der Waals surface area (Å²) < 4.78 is 10.5. The normalized spacial score (nSPS) is 14.6. The average Bonchev–Trinajstić information content (AvgIpc) is 3.43. The number of aromatic nitrogens is 4. The Balaban J connectivity index is 1.17. The van der Waals surface area contributed by atoms with Crippen molar-refractivity contribution in [3.05, 3.63) is 88.7 Å². The summed E-state index contributed by atoms with van der Waals surface area (Å²) in [6, 6.07) is 22.5. The van der Waals surface area contributed by atoms with Crippen LogP contribution < -0.4 is 4.90 Å². The zero-order valence-corrected chi connectivity index (χ0v) is 20.6. The molecule has 3 heterocycles. The highest BCUT2D eigenvalue weighted by Crippen LogP contribution is 2.36. The van der Waals surface area contributed by atoms with E-state index >= 15 is 0 Å². The zero-order valence-electron chi connectivity index (χ0n) is 19.9. The summed E-state index contributed by atoms with van der Waals surface area (Å²) in [6.45, 7) is 1.28. The Morgan fingerprint density at radius 3 is 2.49 bits per heavy atom. The van der Waals surface area contributed by atoms with E-state index in [0.29, 0.717) is 35.8 Å². The van der Waals surface area contributed by atoms with Crippen molar-refractivity contribution in [2.24, 2.45) is 5.41 Å². The first-order valence-corrected chi connectivity index (χ1v) is 12.2. The minimum absolute atomic E-state index is 0.118. The fourth-order valence-corrected chi connectivity index (χ4v) is 4.42. The molecule has 0 amide bonds. The van der Waals surface area contributed by atoms with E-state index in [4.69, 9.17) is 20.9 Å². The van der Waals surface area contributed by atoms with Crippen LogP contribution in [0.15, 0.2) is 71.3 Å². The predicted octanol–water partition coefficient (Wildman–Crippen LogP) is 4.89. The second kappa shape index (κ2) is 10.8. The van der Waals surface area contributed by atoms with Crippen molar-refractivity contribution in [3.8, 4) is 17.7 Å². The molecular weight excluding hydrogens is 492 g/mol. The number of ether oxygens (including phenoxy) is 1. The van der Waals surface area contributed by atoms with E-state index in [2.05, 4.69) is 31.3 Å². The van der Waals surface area contributed by atoms with Crippen molar-refractivity contribution in [2.45, 2.75) is 25.9 Å². The lowest BCUT2D eigenvalue weighted by Gasteiger charge is -2.37. The number of rotatable bonds is 7. The summed E-state index contributed by atoms with van der Waals surface area (Å²) in [5.41, 5.74) is 1.56. The van der Waals surface area contributed by atoms with Gasteiger partial charge in [0.1, 0.15) is 0 Å². The van der Waals surface area contributed by atoms with E-state index in [-0.39, 0.29) is 18.3 Å². The molecule has 0 atom stereocenters. The van der Waals surface area contributed by atoms with Crippen LogP contribution in [0.3, 0.4) is 0 Å². The Morgan fingerprint density at radius 1 is 1.05 bits per heavy atom. The van der Waals surface area contributed by atoms with Crippen LogP contribution in [0, 0.1) is 16.7 Å². The number of carbonyl (C=O) groups is 1. The molecule has 1 aliphatic heterocycles. The fraction of sp³-hybridized carbons (Fsp3) is 0.259. The maximum absolute atomic E-state index is 12.1. The molecule has 186 valence electrons. The molecule has 37 heavy (non-hydrogen) atoms. The van der Waals surface area contributed by atoms with Gasteiger partial charge < -0.3 is 14.2 Å². The van der Waals surface area contributed by atoms with Gasteiger partial charge >= 0.3 is 5.97 Å². The standard InChI is InChI=1S/C27H23ClN6O3/c28-21-8-6-19(7-9-21)16-27(18-29)12-14-34(15-13-27)24-11-10-22(31-32-24)25-30-23(33-37-25)17-36-26(35)20-4-2-1-3-5-20/h1-11H,12-17H2. The molecular formula is C27H23ClN6O3. The van der Waals surface area contributed by atoms with Gasteiger partial charge in [-0.1, -0.05) is 47.1 Å². The minimum Gasteiger partial charge on any atom is -0.454 e. The number of halogens is 1. The highest BCUT2D eigenvalue weighted by molar-refractivity contribution is 6.30. The third-order valence-electron chi connectivity index (χ3n) is 6.42. The number of piperidine rings is 1. The predicted molar refractivity (Wildman–Crippen MR) is 136 cm³/mol. The van der Waals surface area contributed by atoms with Crippen LogP contribution >= 0.6 is 11.6 Å². The number of nitrogens with zero attached hydrogens (tertiary/aromatic N) is 6. The molecule has 2 aromatic carbocycles. The molecule has 5 rings (SSSR count). The summed E-state index contributed by atoms with van der Waals surface area (Å²) in [4.78, 5) is 18.5. The second-order valence-electron chi connectivity index (χ2n) is 8.92. The van der Waals surface area contributed by atoms with Gasteiger partial charge in [-0.25, -0.2) is 4.79 Å². The summed E-state index contributed by atoms with van der Waals surface area (Å²) in [7, 11) is 0. The summed E-state index contributed by atoms with van der Waals surface area (Å²) >= 11 is 5.99. The van der Waals surface area contributed by atoms with E-state index in [1.54, 1.807) is 30.3 Å². The monoisotopic (exact) mass is 514 g/mol. The topological polar surface area (TPSA) is 118 Å². The SMILES string of the molecule is N#CC1(Cc2ccc(Cl)cc2)CCN(c2ccc(-c3nc(COC(=O)c4ccccc4)no3)nn2)CC1. The van der Waals surface area contributed by atoms with Gasteiger partial charge in [-0.2, -0.15) is 10.2 Å². The molecule has 0 N–H and O–H groups in total. The molecule has 0 unspecified atom stereocenters. The Kier molecular flexibility index (Phi) is 7.10. The number of anilines is 1. The van der Waals surface area contributed by atoms with Crippen molar-refractivity contribution in [1.29, 1.82) is 5.26 Å². The highest BCUT2D eigenvalue weighted by Gasteiger charge is 2.35. The molecule has 0 aliphatic carbocycles. The van der Waals surface area contributed by atoms with E-state index < -0.39 is 11.4 Å². The fourth-order valence-electron chi connectivity index (χ4n) is 4.30. The molecule has 0 spiro atoms. The van der Waals surface area contributed by atoms with E-state index in [9.17, 15) is 10.1 Å². The molecule has 4 aromatic rings. The van der Waals surface area contributed by atoms with Gasteiger partial charge in [0.25, 0.3) is 5.89 Å². The number of hydrogen-bond donors (Lipinski definition) is 0. The van der Waals surface area contributed by atoms with Crippen molar-refractivity contribution in [1.82, 2.24) is 20.3 Å². The largest absolute Gasteiger partial charge is 0.454 e. The van der Waals surface area contributed by atoms with Gasteiger partial charge in [0.05, 0.1) is 17.0 Å². The first-order chi connectivity index (χ1) is 18.0. The minimum atomic E-state index is -0.466. The lowest BCUT2D eigenvalue weighted by molar-refractivity contribution is 0.0459. The molecule has 1 fully saturated rings. The number of benzene rings is 2. The smallest absolute Gasteiger partial charge is 0.338 e. The van der Waals surface area contributed by atoms with Gasteiger partial charge in [-0.3, -0.25) is 0 Å². The number of carbonyl (C=O) groups excluding carboxylic acids is 1. The first kappa shape index (κ1) is 24.4. The van der Waals surface area contributed by atoms with E-state index in [1.807, 2.05) is 36.4 Å². The van der Waals surface area contributed by atoms with Gasteiger partial charge in [0.2, 0.25) is 5.82 Å². The van der Waals surface area contributed by atoms with Crippen LogP contribution in [0.1, 0.15) is 34.6 Å². The van der Waals surface area contributed by atoms with Crippen LogP contribution in [-0.2, 0) is 17.8 Å². The lowest BCUT2D eigenvalue weighted by atomic mass is 9.75. The average molecular weight is 515 g/mol. The maximum atomic E-state index is 12.1.